The molecule has 10 heteroatoms. The predicted octanol–water partition coefficient (Wildman–Crippen LogP) is 7.62. The highest BCUT2D eigenvalue weighted by Gasteiger charge is 2.19. The van der Waals surface area contributed by atoms with E-state index < -0.39 is 11.0 Å². The second kappa shape index (κ2) is 14.1. The molecule has 6 rings (SSSR count). The van der Waals surface area contributed by atoms with Gasteiger partial charge in [-0.25, -0.2) is 13.2 Å². The Morgan fingerprint density at radius 2 is 1.51 bits per heavy atom. The summed E-state index contributed by atoms with van der Waals surface area (Å²) in [4.78, 5) is 5.46. The minimum Gasteiger partial charge on any atom is -0.493 e. The van der Waals surface area contributed by atoms with Crippen molar-refractivity contribution in [2.75, 3.05) is 26.6 Å². The maximum Gasteiger partial charge on any atom is 0.203 e. The molecule has 0 saturated carbocycles. The van der Waals surface area contributed by atoms with Crippen molar-refractivity contribution in [3.8, 4) is 28.4 Å². The van der Waals surface area contributed by atoms with Crippen LogP contribution in [0.25, 0.3) is 22.2 Å². The SMILES string of the molecule is CC.COc1cc(Nc2cnc3c(c2)c(-c2cnn(Cc4ccccc4)c2)cn3S(=O)c2ccc(C)cc2)cc(OC)c1OC. The van der Waals surface area contributed by atoms with Gasteiger partial charge in [-0.3, -0.25) is 4.68 Å². The summed E-state index contributed by atoms with van der Waals surface area (Å²) < 4.78 is 33.9. The number of fused-ring (bicyclic) bond motifs is 1. The Bertz CT molecular complexity index is 1890. The summed E-state index contributed by atoms with van der Waals surface area (Å²) in [7, 11) is 3.22. The van der Waals surface area contributed by atoms with Gasteiger partial charge in [-0.2, -0.15) is 5.10 Å². The standard InChI is InChI=1S/C33H31N5O4S.C2H6/c1-22-10-12-27(13-11-22)43(39)38-21-29(24-17-35-37(20-24)19-23-8-6-5-7-9-23)28-14-26(18-34-33(28)38)36-25-15-30(40-2)32(42-4)31(16-25)41-3;1-2/h5-18,20-21,36H,19H2,1-4H3;1-2H3. The Labute approximate surface area is 266 Å². The van der Waals surface area contributed by atoms with Gasteiger partial charge in [0.05, 0.1) is 50.9 Å². The summed E-state index contributed by atoms with van der Waals surface area (Å²) in [5.74, 6) is 1.57. The zero-order valence-electron chi connectivity index (χ0n) is 26.3. The van der Waals surface area contributed by atoms with Gasteiger partial charge in [0.25, 0.3) is 0 Å². The van der Waals surface area contributed by atoms with Gasteiger partial charge in [0.1, 0.15) is 0 Å². The second-order valence-corrected chi connectivity index (χ2v) is 11.3. The van der Waals surface area contributed by atoms with Crippen molar-refractivity contribution in [2.24, 2.45) is 0 Å². The van der Waals surface area contributed by atoms with Crippen LogP contribution in [-0.2, 0) is 17.5 Å². The van der Waals surface area contributed by atoms with Crippen molar-refractivity contribution in [3.63, 3.8) is 0 Å². The van der Waals surface area contributed by atoms with Crippen molar-refractivity contribution in [2.45, 2.75) is 32.2 Å². The first kappa shape index (κ1) is 31.3. The molecule has 0 spiro atoms. The average Bonchev–Trinajstić information content (AvgIpc) is 3.70. The first-order chi connectivity index (χ1) is 22.0. The summed E-state index contributed by atoms with van der Waals surface area (Å²) in [5.41, 5.74) is 6.08. The molecule has 0 amide bonds. The number of methoxy groups -OCH3 is 3. The average molecular weight is 624 g/mol. The van der Waals surface area contributed by atoms with Crippen LogP contribution in [0.3, 0.4) is 0 Å². The topological polar surface area (TPSA) is 92.4 Å². The van der Waals surface area contributed by atoms with Gasteiger partial charge >= 0.3 is 0 Å². The zero-order chi connectivity index (χ0) is 31.9. The van der Waals surface area contributed by atoms with Crippen LogP contribution in [0.1, 0.15) is 25.0 Å². The van der Waals surface area contributed by atoms with Crippen molar-refractivity contribution < 1.29 is 18.4 Å². The Kier molecular flexibility index (Phi) is 9.84. The lowest BCUT2D eigenvalue weighted by molar-refractivity contribution is 0.324. The van der Waals surface area contributed by atoms with E-state index in [1.807, 2.05) is 105 Å². The molecule has 0 radical (unpaired) electrons. The van der Waals surface area contributed by atoms with Crippen LogP contribution in [-0.4, -0.2) is 44.3 Å². The molecule has 6 aromatic rings. The largest absolute Gasteiger partial charge is 0.493 e. The molecule has 0 bridgehead atoms. The lowest BCUT2D eigenvalue weighted by atomic mass is 10.1. The monoisotopic (exact) mass is 623 g/mol. The van der Waals surface area contributed by atoms with Gasteiger partial charge in [-0.1, -0.05) is 61.9 Å². The van der Waals surface area contributed by atoms with Gasteiger partial charge in [-0.15, -0.1) is 0 Å². The highest BCUT2D eigenvalue weighted by Crippen LogP contribution is 2.41. The van der Waals surface area contributed by atoms with E-state index >= 15 is 0 Å². The van der Waals surface area contributed by atoms with E-state index in [4.69, 9.17) is 19.2 Å². The third kappa shape index (κ3) is 6.71. The van der Waals surface area contributed by atoms with Crippen LogP contribution in [0.5, 0.6) is 17.2 Å². The summed E-state index contributed by atoms with van der Waals surface area (Å²) >= 11 is 0. The van der Waals surface area contributed by atoms with Gasteiger partial charge in [0.2, 0.25) is 5.75 Å². The molecule has 3 heterocycles. The number of aromatic nitrogens is 4. The molecule has 232 valence electrons. The number of aryl methyl sites for hydroxylation is 1. The molecule has 1 N–H and O–H groups in total. The molecule has 0 aliphatic rings. The molecule has 45 heavy (non-hydrogen) atoms. The highest BCUT2D eigenvalue weighted by atomic mass is 32.2. The summed E-state index contributed by atoms with van der Waals surface area (Å²) in [5, 5.41) is 8.85. The smallest absolute Gasteiger partial charge is 0.203 e. The number of ether oxygens (including phenoxy) is 3. The molecule has 3 aromatic heterocycles. The molecule has 3 aromatic carbocycles. The van der Waals surface area contributed by atoms with Crippen molar-refractivity contribution in [1.29, 1.82) is 0 Å². The second-order valence-electron chi connectivity index (χ2n) is 9.98. The molecular weight excluding hydrogens is 586 g/mol. The fraction of sp³-hybridized carbons (Fsp3) is 0.200. The lowest BCUT2D eigenvalue weighted by Gasteiger charge is -2.15. The highest BCUT2D eigenvalue weighted by molar-refractivity contribution is 7.83. The third-order valence-corrected chi connectivity index (χ3v) is 8.41. The molecule has 1 atom stereocenters. The molecule has 0 fully saturated rings. The van der Waals surface area contributed by atoms with Gasteiger partial charge in [-0.05, 0) is 30.7 Å². The molecule has 0 aliphatic heterocycles. The molecule has 0 aliphatic carbocycles. The van der Waals surface area contributed by atoms with Crippen molar-refractivity contribution >= 4 is 33.4 Å². The number of nitrogens with one attached hydrogen (secondary N) is 1. The van der Waals surface area contributed by atoms with Gasteiger partial charge in [0, 0.05) is 46.7 Å². The number of benzene rings is 3. The van der Waals surface area contributed by atoms with Crippen molar-refractivity contribution in [1.82, 2.24) is 18.7 Å². The third-order valence-electron chi connectivity index (χ3n) is 7.10. The molecular formula is C35H37N5O4S. The normalized spacial score (nSPS) is 11.4. The maximum atomic E-state index is 13.8. The molecule has 1 unspecified atom stereocenters. The van der Waals surface area contributed by atoms with Crippen LogP contribution in [0, 0.1) is 6.92 Å². The van der Waals surface area contributed by atoms with Crippen LogP contribution < -0.4 is 19.5 Å². The van der Waals surface area contributed by atoms with E-state index in [0.29, 0.717) is 34.3 Å². The fourth-order valence-electron chi connectivity index (χ4n) is 4.95. The summed E-state index contributed by atoms with van der Waals surface area (Å²) in [6, 6.07) is 23.5. The van der Waals surface area contributed by atoms with E-state index in [0.717, 1.165) is 39.0 Å². The van der Waals surface area contributed by atoms with E-state index in [1.165, 1.54) is 0 Å². The maximum absolute atomic E-state index is 13.8. The molecule has 9 nitrogen and oxygen atoms in total. The Morgan fingerprint density at radius 3 is 2.16 bits per heavy atom. The van der Waals surface area contributed by atoms with Crippen LogP contribution >= 0.6 is 0 Å². The number of hydrogen-bond acceptors (Lipinski definition) is 7. The van der Waals surface area contributed by atoms with Gasteiger partial charge < -0.3 is 19.5 Å². The van der Waals surface area contributed by atoms with Crippen molar-refractivity contribution in [3.05, 3.63) is 109 Å². The summed E-state index contributed by atoms with van der Waals surface area (Å²) in [6.07, 6.45) is 7.44. The van der Waals surface area contributed by atoms with Gasteiger partial charge in [0.15, 0.2) is 28.1 Å². The zero-order valence-corrected chi connectivity index (χ0v) is 27.1. The minimum atomic E-state index is -1.50. The number of pyridine rings is 1. The number of nitrogens with zero attached hydrogens (tertiary/aromatic N) is 4. The first-order valence-corrected chi connectivity index (χ1v) is 15.7. The Morgan fingerprint density at radius 1 is 0.822 bits per heavy atom. The van der Waals surface area contributed by atoms with Crippen LogP contribution in [0.2, 0.25) is 0 Å². The Hall–Kier alpha value is -5.09. The molecule has 0 saturated heterocycles. The number of rotatable bonds is 10. The first-order valence-electron chi connectivity index (χ1n) is 14.6. The van der Waals surface area contributed by atoms with E-state index in [1.54, 1.807) is 31.5 Å². The fourth-order valence-corrected chi connectivity index (χ4v) is 6.05. The lowest BCUT2D eigenvalue weighted by Crippen LogP contribution is -2.04. The van der Waals surface area contributed by atoms with Crippen LogP contribution in [0.15, 0.2) is 102 Å². The summed E-state index contributed by atoms with van der Waals surface area (Å²) in [6.45, 7) is 6.65. The van der Waals surface area contributed by atoms with Crippen LogP contribution in [0.4, 0.5) is 11.4 Å². The Balaban J connectivity index is 0.00000196. The number of anilines is 2. The predicted molar refractivity (Wildman–Crippen MR) is 180 cm³/mol. The quantitative estimate of drug-likeness (QED) is 0.168. The van der Waals surface area contributed by atoms with E-state index in [-0.39, 0.29) is 0 Å². The number of hydrogen-bond donors (Lipinski definition) is 1. The minimum absolute atomic E-state index is 0.509. The van der Waals surface area contributed by atoms with E-state index in [2.05, 4.69) is 22.5 Å². The van der Waals surface area contributed by atoms with E-state index in [9.17, 15) is 4.21 Å².